The maximum Gasteiger partial charge on any atom is 0.406 e. The number of alkyl halides is 3. The fourth-order valence-electron chi connectivity index (χ4n) is 2.70. The molecule has 0 aliphatic carbocycles. The molecular formula is C11H17F3N2O2. The molecule has 2 heterocycles. The maximum atomic E-state index is 12.3. The molecule has 2 atom stereocenters. The molecule has 2 rings (SSSR count). The van der Waals surface area contributed by atoms with Gasteiger partial charge in [-0.1, -0.05) is 0 Å². The molecule has 0 spiro atoms. The molecular weight excluding hydrogens is 249 g/mol. The lowest BCUT2D eigenvalue weighted by atomic mass is 10.1. The molecule has 2 aliphatic rings. The van der Waals surface area contributed by atoms with E-state index in [0.29, 0.717) is 25.9 Å². The lowest BCUT2D eigenvalue weighted by Crippen LogP contribution is -2.49. The van der Waals surface area contributed by atoms with Gasteiger partial charge in [-0.25, -0.2) is 0 Å². The number of amides is 1. The highest BCUT2D eigenvalue weighted by atomic mass is 19.4. The van der Waals surface area contributed by atoms with Crippen LogP contribution in [0.4, 0.5) is 13.2 Å². The molecule has 1 amide bonds. The van der Waals surface area contributed by atoms with Crippen LogP contribution < -0.4 is 0 Å². The van der Waals surface area contributed by atoms with Gasteiger partial charge in [0.2, 0.25) is 5.91 Å². The SMILES string of the molecule is O=C1C(N2CCCC(O)C2)CCN1CC(F)(F)F. The summed E-state index contributed by atoms with van der Waals surface area (Å²) in [6.07, 6.45) is -2.91. The summed E-state index contributed by atoms with van der Waals surface area (Å²) in [6.45, 7) is 0.0396. The first kappa shape index (κ1) is 13.6. The summed E-state index contributed by atoms with van der Waals surface area (Å²) in [5, 5.41) is 9.53. The molecule has 0 radical (unpaired) electrons. The summed E-state index contributed by atoms with van der Waals surface area (Å²) in [6, 6.07) is -0.484. The Morgan fingerprint density at radius 1 is 1.28 bits per heavy atom. The predicted octanol–water partition coefficient (Wildman–Crippen LogP) is 0.606. The van der Waals surface area contributed by atoms with Crippen LogP contribution in [0.25, 0.3) is 0 Å². The molecule has 104 valence electrons. The third-order valence-electron chi connectivity index (χ3n) is 3.51. The Bertz CT molecular complexity index is 322. The number of carbonyl (C=O) groups excluding carboxylic acids is 1. The van der Waals surface area contributed by atoms with E-state index in [1.807, 2.05) is 4.90 Å². The van der Waals surface area contributed by atoms with Crippen LogP contribution in [0, 0.1) is 0 Å². The number of aliphatic hydroxyl groups is 1. The number of carbonyl (C=O) groups is 1. The van der Waals surface area contributed by atoms with Crippen LogP contribution in [0.3, 0.4) is 0 Å². The van der Waals surface area contributed by atoms with Gasteiger partial charge in [0, 0.05) is 13.1 Å². The first-order chi connectivity index (χ1) is 8.37. The molecule has 0 aromatic heterocycles. The van der Waals surface area contributed by atoms with Gasteiger partial charge in [-0.05, 0) is 25.8 Å². The third-order valence-corrected chi connectivity index (χ3v) is 3.51. The first-order valence-electron chi connectivity index (χ1n) is 6.14. The van der Waals surface area contributed by atoms with Crippen molar-refractivity contribution in [1.29, 1.82) is 0 Å². The molecule has 2 aliphatic heterocycles. The molecule has 7 heteroatoms. The lowest BCUT2D eigenvalue weighted by Gasteiger charge is -2.33. The molecule has 2 saturated heterocycles. The summed E-state index contributed by atoms with van der Waals surface area (Å²) < 4.78 is 36.8. The zero-order valence-corrected chi connectivity index (χ0v) is 9.99. The number of likely N-dealkylation sites (tertiary alicyclic amines) is 2. The smallest absolute Gasteiger partial charge is 0.392 e. The molecule has 18 heavy (non-hydrogen) atoms. The number of nitrogens with zero attached hydrogens (tertiary/aromatic N) is 2. The second kappa shape index (κ2) is 5.05. The highest BCUT2D eigenvalue weighted by Crippen LogP contribution is 2.25. The zero-order chi connectivity index (χ0) is 13.3. The van der Waals surface area contributed by atoms with Crippen LogP contribution >= 0.6 is 0 Å². The van der Waals surface area contributed by atoms with Gasteiger partial charge in [0.15, 0.2) is 0 Å². The number of hydrogen-bond donors (Lipinski definition) is 1. The van der Waals surface area contributed by atoms with E-state index >= 15 is 0 Å². The number of piperidine rings is 1. The average molecular weight is 266 g/mol. The van der Waals surface area contributed by atoms with Gasteiger partial charge >= 0.3 is 6.18 Å². The summed E-state index contributed by atoms with van der Waals surface area (Å²) in [5.41, 5.74) is 0. The van der Waals surface area contributed by atoms with Crippen LogP contribution in [0.5, 0.6) is 0 Å². The minimum absolute atomic E-state index is 0.148. The van der Waals surface area contributed by atoms with Gasteiger partial charge in [0.1, 0.15) is 6.54 Å². The quantitative estimate of drug-likeness (QED) is 0.796. The van der Waals surface area contributed by atoms with Gasteiger partial charge in [0.25, 0.3) is 0 Å². The van der Waals surface area contributed by atoms with Crippen LogP contribution in [-0.4, -0.2) is 65.3 Å². The highest BCUT2D eigenvalue weighted by Gasteiger charge is 2.42. The number of aliphatic hydroxyl groups excluding tert-OH is 1. The Morgan fingerprint density at radius 3 is 2.61 bits per heavy atom. The van der Waals surface area contributed by atoms with Gasteiger partial charge in [0.05, 0.1) is 12.1 Å². The van der Waals surface area contributed by atoms with Crippen molar-refractivity contribution in [1.82, 2.24) is 9.80 Å². The van der Waals surface area contributed by atoms with E-state index in [4.69, 9.17) is 0 Å². The Kier molecular flexibility index (Phi) is 3.82. The number of β-amino-alcohol motifs (C(OH)–C–C–N with tert-alkyl or cyclic N) is 1. The van der Waals surface area contributed by atoms with Gasteiger partial charge in [-0.3, -0.25) is 9.69 Å². The molecule has 2 unspecified atom stereocenters. The Hall–Kier alpha value is -0.820. The lowest BCUT2D eigenvalue weighted by molar-refractivity contribution is -0.159. The van der Waals surface area contributed by atoms with Crippen LogP contribution in [0.2, 0.25) is 0 Å². The van der Waals surface area contributed by atoms with E-state index < -0.39 is 30.8 Å². The number of halogens is 3. The molecule has 0 aromatic carbocycles. The second-order valence-corrected chi connectivity index (χ2v) is 4.97. The average Bonchev–Trinajstić information content (AvgIpc) is 2.58. The van der Waals surface area contributed by atoms with Crippen LogP contribution in [0.15, 0.2) is 0 Å². The Labute approximate surface area is 103 Å². The van der Waals surface area contributed by atoms with Gasteiger partial charge in [-0.15, -0.1) is 0 Å². The molecule has 0 bridgehead atoms. The third kappa shape index (κ3) is 3.14. The van der Waals surface area contributed by atoms with Crippen molar-refractivity contribution in [3.05, 3.63) is 0 Å². The summed E-state index contributed by atoms with van der Waals surface area (Å²) in [7, 11) is 0. The predicted molar refractivity (Wildman–Crippen MR) is 57.9 cm³/mol. The number of rotatable bonds is 2. The maximum absolute atomic E-state index is 12.3. The summed E-state index contributed by atoms with van der Waals surface area (Å²) >= 11 is 0. The zero-order valence-electron chi connectivity index (χ0n) is 9.99. The van der Waals surface area contributed by atoms with Crippen molar-refractivity contribution >= 4 is 5.91 Å². The standard InChI is InChI=1S/C11H17F3N2O2/c12-11(13,14)7-16-5-3-9(10(16)18)15-4-1-2-8(17)6-15/h8-9,17H,1-7H2. The minimum Gasteiger partial charge on any atom is -0.392 e. The van der Waals surface area contributed by atoms with Crippen LogP contribution in [0.1, 0.15) is 19.3 Å². The topological polar surface area (TPSA) is 43.8 Å². The van der Waals surface area contributed by atoms with E-state index in [9.17, 15) is 23.1 Å². The number of hydrogen-bond acceptors (Lipinski definition) is 3. The summed E-state index contributed by atoms with van der Waals surface area (Å²) in [4.78, 5) is 14.6. The molecule has 4 nitrogen and oxygen atoms in total. The van der Waals surface area contributed by atoms with Crippen molar-refractivity contribution < 1.29 is 23.1 Å². The van der Waals surface area contributed by atoms with Crippen molar-refractivity contribution in [2.75, 3.05) is 26.2 Å². The van der Waals surface area contributed by atoms with Gasteiger partial charge < -0.3 is 10.0 Å². The van der Waals surface area contributed by atoms with E-state index in [2.05, 4.69) is 0 Å². The van der Waals surface area contributed by atoms with Crippen molar-refractivity contribution in [3.8, 4) is 0 Å². The van der Waals surface area contributed by atoms with Crippen molar-refractivity contribution in [3.63, 3.8) is 0 Å². The monoisotopic (exact) mass is 266 g/mol. The van der Waals surface area contributed by atoms with Gasteiger partial charge in [-0.2, -0.15) is 13.2 Å². The second-order valence-electron chi connectivity index (χ2n) is 4.97. The normalized spacial score (nSPS) is 31.1. The first-order valence-corrected chi connectivity index (χ1v) is 6.14. The fraction of sp³-hybridized carbons (Fsp3) is 0.909. The van der Waals surface area contributed by atoms with Crippen molar-refractivity contribution in [2.24, 2.45) is 0 Å². The molecule has 0 aromatic rings. The highest BCUT2D eigenvalue weighted by molar-refractivity contribution is 5.84. The van der Waals surface area contributed by atoms with E-state index in [1.165, 1.54) is 0 Å². The molecule has 0 saturated carbocycles. The fourth-order valence-corrected chi connectivity index (χ4v) is 2.70. The molecule has 1 N–H and O–H groups in total. The Balaban J connectivity index is 1.94. The minimum atomic E-state index is -4.34. The van der Waals surface area contributed by atoms with Crippen LogP contribution in [-0.2, 0) is 4.79 Å². The van der Waals surface area contributed by atoms with E-state index in [1.54, 1.807) is 0 Å². The molecule has 2 fully saturated rings. The Morgan fingerprint density at radius 2 is 2.00 bits per heavy atom. The van der Waals surface area contributed by atoms with E-state index in [-0.39, 0.29) is 6.54 Å². The van der Waals surface area contributed by atoms with Crippen molar-refractivity contribution in [2.45, 2.75) is 37.6 Å². The largest absolute Gasteiger partial charge is 0.406 e. The summed E-state index contributed by atoms with van der Waals surface area (Å²) in [5.74, 6) is -0.457. The van der Waals surface area contributed by atoms with E-state index in [0.717, 1.165) is 11.3 Å².